The Balaban J connectivity index is 2.03. The number of amides is 1. The Morgan fingerprint density at radius 3 is 2.31 bits per heavy atom. The van der Waals surface area contributed by atoms with Gasteiger partial charge in [-0.25, -0.2) is 9.37 Å². The van der Waals surface area contributed by atoms with Crippen molar-refractivity contribution in [1.82, 2.24) is 9.55 Å². The number of anilines is 1. The molecule has 0 radical (unpaired) electrons. The number of nitrogens with one attached hydrogen (secondary N) is 1. The van der Waals surface area contributed by atoms with E-state index in [0.717, 1.165) is 4.57 Å². The van der Waals surface area contributed by atoms with Gasteiger partial charge in [0.15, 0.2) is 5.60 Å². The highest BCUT2D eigenvalue weighted by Crippen LogP contribution is 2.36. The largest absolute Gasteiger partial charge is 0.417 e. The molecule has 2 aromatic rings. The van der Waals surface area contributed by atoms with Gasteiger partial charge in [-0.2, -0.15) is 26.3 Å². The maximum Gasteiger partial charge on any atom is 0.417 e. The van der Waals surface area contributed by atoms with Gasteiger partial charge in [-0.3, -0.25) is 14.7 Å². The summed E-state index contributed by atoms with van der Waals surface area (Å²) < 4.78 is 92.4. The number of rotatable bonds is 4. The minimum atomic E-state index is -5.10. The third-order valence-electron chi connectivity index (χ3n) is 4.19. The van der Waals surface area contributed by atoms with Gasteiger partial charge < -0.3 is 5.11 Å². The number of hydrogen-bond donors (Lipinski definition) is 2. The number of nitrogens with zero attached hydrogens (tertiary/aromatic N) is 2. The van der Waals surface area contributed by atoms with Crippen LogP contribution in [-0.2, 0) is 11.0 Å². The number of alkyl halides is 6. The molecule has 1 aliphatic rings. The van der Waals surface area contributed by atoms with Gasteiger partial charge >= 0.3 is 12.4 Å². The van der Waals surface area contributed by atoms with Crippen molar-refractivity contribution >= 4 is 28.6 Å². The maximum atomic E-state index is 14.4. The van der Waals surface area contributed by atoms with E-state index in [1.54, 1.807) is 0 Å². The molecule has 1 amide bonds. The van der Waals surface area contributed by atoms with Crippen LogP contribution in [0.25, 0.3) is 16.7 Å². The number of imidazole rings is 1. The second kappa shape index (κ2) is 6.58. The zero-order valence-corrected chi connectivity index (χ0v) is 14.5. The molecule has 1 atom stereocenters. The number of aromatic nitrogens is 2. The van der Waals surface area contributed by atoms with Gasteiger partial charge in [0.05, 0.1) is 17.5 Å². The molecule has 1 aromatic carbocycles. The molecule has 0 bridgehead atoms. The quantitative estimate of drug-likeness (QED) is 0.723. The zero-order valence-electron chi connectivity index (χ0n) is 14.5. The molecule has 0 aliphatic heterocycles. The SMILES string of the molecule is C[C@@](O)(CC(=O)Nc1nc2cc(C(F)(F)F)cc(F)c2n1C1=CC=C1)C(F)(F)F. The normalized spacial score (nSPS) is 16.4. The fourth-order valence-electron chi connectivity index (χ4n) is 2.57. The van der Waals surface area contributed by atoms with E-state index >= 15 is 0 Å². The molecule has 0 spiro atoms. The third-order valence-corrected chi connectivity index (χ3v) is 4.19. The first kappa shape index (κ1) is 20.8. The second-order valence-corrected chi connectivity index (χ2v) is 6.54. The Hall–Kier alpha value is -2.89. The number of carbonyl (C=O) groups is 1. The molecule has 2 N–H and O–H groups in total. The van der Waals surface area contributed by atoms with Crippen LogP contribution in [0.3, 0.4) is 0 Å². The van der Waals surface area contributed by atoms with Crippen molar-refractivity contribution in [2.24, 2.45) is 0 Å². The van der Waals surface area contributed by atoms with Crippen LogP contribution in [0.2, 0.25) is 0 Å². The topological polar surface area (TPSA) is 67.2 Å². The Kier molecular flexibility index (Phi) is 4.72. The third kappa shape index (κ3) is 3.84. The lowest BCUT2D eigenvalue weighted by Gasteiger charge is -2.25. The average Bonchev–Trinajstić information content (AvgIpc) is 2.81. The van der Waals surface area contributed by atoms with Crippen LogP contribution in [-0.4, -0.2) is 32.3 Å². The lowest BCUT2D eigenvalue weighted by atomic mass is 10.0. The van der Waals surface area contributed by atoms with E-state index in [1.165, 1.54) is 18.2 Å². The van der Waals surface area contributed by atoms with Crippen molar-refractivity contribution in [3.63, 3.8) is 0 Å². The lowest BCUT2D eigenvalue weighted by Crippen LogP contribution is -2.45. The van der Waals surface area contributed by atoms with Crippen molar-refractivity contribution in [3.8, 4) is 0 Å². The van der Waals surface area contributed by atoms with Gasteiger partial charge in [0.1, 0.15) is 11.3 Å². The van der Waals surface area contributed by atoms with Crippen LogP contribution in [0.5, 0.6) is 0 Å². The fourth-order valence-corrected chi connectivity index (χ4v) is 2.57. The molecule has 12 heteroatoms. The summed E-state index contributed by atoms with van der Waals surface area (Å²) in [4.78, 5) is 15.7. The maximum absolute atomic E-state index is 14.4. The summed E-state index contributed by atoms with van der Waals surface area (Å²) in [6, 6.07) is 0.808. The van der Waals surface area contributed by atoms with Crippen LogP contribution in [0.1, 0.15) is 18.9 Å². The minimum absolute atomic E-state index is 0.240. The Morgan fingerprint density at radius 2 is 1.83 bits per heavy atom. The molecule has 5 nitrogen and oxygen atoms in total. The van der Waals surface area contributed by atoms with Gasteiger partial charge in [0.2, 0.25) is 11.9 Å². The highest BCUT2D eigenvalue weighted by molar-refractivity contribution is 5.95. The van der Waals surface area contributed by atoms with Gasteiger partial charge in [-0.05, 0) is 31.2 Å². The highest BCUT2D eigenvalue weighted by atomic mass is 19.4. The summed E-state index contributed by atoms with van der Waals surface area (Å²) in [6.07, 6.45) is -6.98. The van der Waals surface area contributed by atoms with Crippen molar-refractivity contribution in [2.75, 3.05) is 5.32 Å². The fraction of sp³-hybridized carbons (Fsp3) is 0.294. The molecule has 0 saturated carbocycles. The van der Waals surface area contributed by atoms with E-state index in [1.807, 2.05) is 5.32 Å². The van der Waals surface area contributed by atoms with Crippen molar-refractivity contribution in [2.45, 2.75) is 31.3 Å². The van der Waals surface area contributed by atoms with Gasteiger partial charge in [-0.1, -0.05) is 6.08 Å². The second-order valence-electron chi connectivity index (χ2n) is 6.54. The van der Waals surface area contributed by atoms with E-state index < -0.39 is 58.6 Å². The first-order chi connectivity index (χ1) is 13.2. The van der Waals surface area contributed by atoms with Gasteiger partial charge in [-0.15, -0.1) is 0 Å². The summed E-state index contributed by atoms with van der Waals surface area (Å²) in [7, 11) is 0. The molecule has 1 heterocycles. The highest BCUT2D eigenvalue weighted by Gasteiger charge is 2.51. The lowest BCUT2D eigenvalue weighted by molar-refractivity contribution is -0.252. The molecular formula is C17H12F7N3O2. The van der Waals surface area contributed by atoms with Crippen molar-refractivity contribution < 1.29 is 40.6 Å². The molecular weight excluding hydrogens is 411 g/mol. The minimum Gasteiger partial charge on any atom is -0.380 e. The van der Waals surface area contributed by atoms with E-state index in [4.69, 9.17) is 0 Å². The molecule has 1 aliphatic carbocycles. The first-order valence-electron chi connectivity index (χ1n) is 7.97. The number of aliphatic hydroxyl groups is 1. The number of fused-ring (bicyclic) bond motifs is 1. The summed E-state index contributed by atoms with van der Waals surface area (Å²) in [5, 5.41) is 11.4. The predicted octanol–water partition coefficient (Wildman–Crippen LogP) is 4.25. The predicted molar refractivity (Wildman–Crippen MR) is 88.0 cm³/mol. The standard InChI is InChI=1S/C17H12F7N3O2/c1-15(29,17(22,23)24)7-12(28)26-14-25-11-6-8(16(19,20)21)5-10(18)13(11)27(14)9-3-2-4-9/h2-6,29H,7H2,1H3,(H,25,26,28)/t15-/m1/s1. The summed E-state index contributed by atoms with van der Waals surface area (Å²) >= 11 is 0. The van der Waals surface area contributed by atoms with E-state index in [0.29, 0.717) is 13.0 Å². The molecule has 1 aromatic heterocycles. The van der Waals surface area contributed by atoms with Crippen LogP contribution in [0.4, 0.5) is 36.7 Å². The van der Waals surface area contributed by atoms with E-state index in [9.17, 15) is 40.6 Å². The van der Waals surface area contributed by atoms with Crippen molar-refractivity contribution in [3.05, 3.63) is 41.7 Å². The van der Waals surface area contributed by atoms with E-state index in [2.05, 4.69) is 4.98 Å². The van der Waals surface area contributed by atoms with Crippen LogP contribution >= 0.6 is 0 Å². The Morgan fingerprint density at radius 1 is 1.21 bits per heavy atom. The number of halogens is 7. The molecule has 3 rings (SSSR count). The molecule has 29 heavy (non-hydrogen) atoms. The van der Waals surface area contributed by atoms with Crippen LogP contribution < -0.4 is 5.32 Å². The molecule has 0 saturated heterocycles. The number of allylic oxidation sites excluding steroid dienone is 4. The molecule has 0 fully saturated rings. The Labute approximate surface area is 158 Å². The van der Waals surface area contributed by atoms with Crippen LogP contribution in [0, 0.1) is 5.82 Å². The van der Waals surface area contributed by atoms with Crippen LogP contribution in [0.15, 0.2) is 30.4 Å². The smallest absolute Gasteiger partial charge is 0.380 e. The summed E-state index contributed by atoms with van der Waals surface area (Å²) in [5.74, 6) is -3.09. The summed E-state index contributed by atoms with van der Waals surface area (Å²) in [6.45, 7) is 0.391. The number of benzene rings is 1. The van der Waals surface area contributed by atoms with Crippen molar-refractivity contribution in [1.29, 1.82) is 0 Å². The number of carbonyl (C=O) groups excluding carboxylic acids is 1. The number of hydrogen-bond acceptors (Lipinski definition) is 3. The Bertz CT molecular complexity index is 1050. The monoisotopic (exact) mass is 423 g/mol. The molecule has 0 unspecified atom stereocenters. The average molecular weight is 423 g/mol. The van der Waals surface area contributed by atoms with Gasteiger partial charge in [0.25, 0.3) is 0 Å². The summed E-state index contributed by atoms with van der Waals surface area (Å²) in [5.41, 5.74) is -5.28. The molecule has 156 valence electrons. The van der Waals surface area contributed by atoms with Gasteiger partial charge in [0, 0.05) is 5.70 Å². The first-order valence-corrected chi connectivity index (χ1v) is 7.97. The van der Waals surface area contributed by atoms with E-state index in [-0.39, 0.29) is 11.8 Å². The zero-order chi connectivity index (χ0) is 21.8.